The van der Waals surface area contributed by atoms with E-state index in [0.717, 1.165) is 11.1 Å². The Labute approximate surface area is 83.6 Å². The molecule has 1 heterocycles. The van der Waals surface area contributed by atoms with Crippen LogP contribution in [-0.4, -0.2) is 34.5 Å². The fourth-order valence-electron chi connectivity index (χ4n) is 1.16. The molecule has 0 fully saturated rings. The quantitative estimate of drug-likeness (QED) is 0.612. The first kappa shape index (κ1) is 11.1. The summed E-state index contributed by atoms with van der Waals surface area (Å²) in [7, 11) is 0. The van der Waals surface area contributed by atoms with E-state index in [1.165, 1.54) is 0 Å². The van der Waals surface area contributed by atoms with Crippen molar-refractivity contribution < 1.29 is 10.2 Å². The molecular formula is C10H16N2O2. The number of aryl methyl sites for hydroxylation is 1. The molecule has 0 radical (unpaired) electrons. The van der Waals surface area contributed by atoms with Crippen LogP contribution in [0.3, 0.4) is 0 Å². The van der Waals surface area contributed by atoms with Crippen molar-refractivity contribution in [1.82, 2.24) is 10.3 Å². The van der Waals surface area contributed by atoms with Gasteiger partial charge in [-0.1, -0.05) is 6.07 Å². The average Bonchev–Trinajstić information content (AvgIpc) is 2.17. The van der Waals surface area contributed by atoms with Crippen molar-refractivity contribution in [2.45, 2.75) is 19.6 Å². The van der Waals surface area contributed by atoms with Gasteiger partial charge in [-0.15, -0.1) is 0 Å². The minimum Gasteiger partial charge on any atom is -0.394 e. The van der Waals surface area contributed by atoms with Gasteiger partial charge in [0.2, 0.25) is 0 Å². The average molecular weight is 196 g/mol. The second-order valence-corrected chi connectivity index (χ2v) is 3.34. The molecule has 0 amide bonds. The lowest BCUT2D eigenvalue weighted by Gasteiger charge is -2.08. The largest absolute Gasteiger partial charge is 0.394 e. The van der Waals surface area contributed by atoms with Crippen LogP contribution in [0.5, 0.6) is 0 Å². The highest BCUT2D eigenvalue weighted by atomic mass is 16.3. The molecule has 1 rings (SSSR count). The molecule has 1 atom stereocenters. The van der Waals surface area contributed by atoms with Crippen LogP contribution >= 0.6 is 0 Å². The fraction of sp³-hybridized carbons (Fsp3) is 0.500. The van der Waals surface area contributed by atoms with E-state index < -0.39 is 6.10 Å². The molecule has 0 spiro atoms. The Kier molecular flexibility index (Phi) is 4.52. The number of aliphatic hydroxyl groups is 2. The van der Waals surface area contributed by atoms with Gasteiger partial charge in [0.05, 0.1) is 12.7 Å². The summed E-state index contributed by atoms with van der Waals surface area (Å²) in [5.74, 6) is 0. The maximum absolute atomic E-state index is 9.06. The standard InChI is InChI=1S/C10H16N2O2/c1-8-2-9(4-11-3-8)5-12-6-10(14)7-13/h2-4,10,12-14H,5-7H2,1H3. The molecule has 4 heteroatoms. The van der Waals surface area contributed by atoms with Gasteiger partial charge in [0.15, 0.2) is 0 Å². The molecule has 3 N–H and O–H groups in total. The summed E-state index contributed by atoms with van der Waals surface area (Å²) >= 11 is 0. The van der Waals surface area contributed by atoms with Gasteiger partial charge >= 0.3 is 0 Å². The second kappa shape index (κ2) is 5.70. The highest BCUT2D eigenvalue weighted by Crippen LogP contribution is 2.00. The van der Waals surface area contributed by atoms with Gasteiger partial charge in [-0.3, -0.25) is 4.98 Å². The number of nitrogens with zero attached hydrogens (tertiary/aromatic N) is 1. The topological polar surface area (TPSA) is 65.4 Å². The monoisotopic (exact) mass is 196 g/mol. The first-order valence-electron chi connectivity index (χ1n) is 4.62. The van der Waals surface area contributed by atoms with E-state index in [2.05, 4.69) is 10.3 Å². The lowest BCUT2D eigenvalue weighted by atomic mass is 10.2. The zero-order valence-electron chi connectivity index (χ0n) is 8.27. The Morgan fingerprint density at radius 2 is 2.29 bits per heavy atom. The fourth-order valence-corrected chi connectivity index (χ4v) is 1.16. The van der Waals surface area contributed by atoms with E-state index in [9.17, 15) is 0 Å². The number of nitrogens with one attached hydrogen (secondary N) is 1. The van der Waals surface area contributed by atoms with Gasteiger partial charge in [-0.2, -0.15) is 0 Å². The second-order valence-electron chi connectivity index (χ2n) is 3.34. The maximum atomic E-state index is 9.06. The Morgan fingerprint density at radius 3 is 2.93 bits per heavy atom. The summed E-state index contributed by atoms with van der Waals surface area (Å²) in [6.45, 7) is 2.83. The molecule has 14 heavy (non-hydrogen) atoms. The van der Waals surface area contributed by atoms with E-state index in [4.69, 9.17) is 10.2 Å². The van der Waals surface area contributed by atoms with Gasteiger partial charge in [0.1, 0.15) is 0 Å². The smallest absolute Gasteiger partial charge is 0.0895 e. The lowest BCUT2D eigenvalue weighted by molar-refractivity contribution is 0.0942. The van der Waals surface area contributed by atoms with Gasteiger partial charge in [-0.05, 0) is 18.1 Å². The van der Waals surface area contributed by atoms with Crippen LogP contribution in [0.4, 0.5) is 0 Å². The number of pyridine rings is 1. The zero-order valence-corrected chi connectivity index (χ0v) is 8.27. The van der Waals surface area contributed by atoms with Crippen LogP contribution in [0.15, 0.2) is 18.5 Å². The third kappa shape index (κ3) is 3.83. The summed E-state index contributed by atoms with van der Waals surface area (Å²) in [6.07, 6.45) is 2.89. The molecule has 0 aliphatic rings. The molecule has 1 aromatic heterocycles. The van der Waals surface area contributed by atoms with Gasteiger partial charge in [0, 0.05) is 25.5 Å². The van der Waals surface area contributed by atoms with E-state index in [-0.39, 0.29) is 6.61 Å². The van der Waals surface area contributed by atoms with Crippen molar-refractivity contribution in [3.8, 4) is 0 Å². The molecule has 0 aromatic carbocycles. The molecule has 0 bridgehead atoms. The lowest BCUT2D eigenvalue weighted by Crippen LogP contribution is -2.28. The predicted octanol–water partition coefficient (Wildman–Crippen LogP) is -0.167. The van der Waals surface area contributed by atoms with Crippen molar-refractivity contribution in [1.29, 1.82) is 0 Å². The van der Waals surface area contributed by atoms with Crippen molar-refractivity contribution in [3.05, 3.63) is 29.6 Å². The molecule has 4 nitrogen and oxygen atoms in total. The van der Waals surface area contributed by atoms with Crippen LogP contribution in [0.25, 0.3) is 0 Å². The van der Waals surface area contributed by atoms with Gasteiger partial charge in [0.25, 0.3) is 0 Å². The van der Waals surface area contributed by atoms with Crippen molar-refractivity contribution >= 4 is 0 Å². The van der Waals surface area contributed by atoms with Crippen molar-refractivity contribution in [3.63, 3.8) is 0 Å². The van der Waals surface area contributed by atoms with Crippen LogP contribution < -0.4 is 5.32 Å². The van der Waals surface area contributed by atoms with Crippen LogP contribution in [0.2, 0.25) is 0 Å². The van der Waals surface area contributed by atoms with E-state index in [1.54, 1.807) is 12.4 Å². The number of aliphatic hydroxyl groups excluding tert-OH is 2. The molecule has 0 aliphatic heterocycles. The minimum absolute atomic E-state index is 0.209. The Bertz CT molecular complexity index is 279. The molecular weight excluding hydrogens is 180 g/mol. The van der Waals surface area contributed by atoms with Crippen LogP contribution in [0.1, 0.15) is 11.1 Å². The molecule has 0 saturated heterocycles. The molecule has 0 saturated carbocycles. The maximum Gasteiger partial charge on any atom is 0.0895 e. The summed E-state index contributed by atoms with van der Waals surface area (Å²) in [4.78, 5) is 4.05. The normalized spacial score (nSPS) is 12.8. The van der Waals surface area contributed by atoms with Gasteiger partial charge < -0.3 is 15.5 Å². The van der Waals surface area contributed by atoms with E-state index >= 15 is 0 Å². The Hall–Kier alpha value is -0.970. The molecule has 1 unspecified atom stereocenters. The summed E-state index contributed by atoms with van der Waals surface area (Å²) in [5, 5.41) is 20.7. The third-order valence-corrected chi connectivity index (χ3v) is 1.85. The minimum atomic E-state index is -0.687. The Morgan fingerprint density at radius 1 is 1.50 bits per heavy atom. The highest BCUT2D eigenvalue weighted by Gasteiger charge is 2.00. The number of hydrogen-bond acceptors (Lipinski definition) is 4. The van der Waals surface area contributed by atoms with E-state index in [1.807, 2.05) is 13.0 Å². The predicted molar refractivity (Wildman–Crippen MR) is 53.8 cm³/mol. The summed E-state index contributed by atoms with van der Waals surface area (Å²) in [5.41, 5.74) is 2.20. The SMILES string of the molecule is Cc1cncc(CNCC(O)CO)c1. The van der Waals surface area contributed by atoms with Crippen molar-refractivity contribution in [2.75, 3.05) is 13.2 Å². The Balaban J connectivity index is 2.31. The first-order valence-corrected chi connectivity index (χ1v) is 4.62. The third-order valence-electron chi connectivity index (χ3n) is 1.85. The first-order chi connectivity index (χ1) is 6.72. The van der Waals surface area contributed by atoms with Gasteiger partial charge in [-0.25, -0.2) is 0 Å². The number of hydrogen-bond donors (Lipinski definition) is 3. The number of rotatable bonds is 5. The summed E-state index contributed by atoms with van der Waals surface area (Å²) < 4.78 is 0. The molecule has 1 aromatic rings. The number of aromatic nitrogens is 1. The molecule has 78 valence electrons. The van der Waals surface area contributed by atoms with Crippen molar-refractivity contribution in [2.24, 2.45) is 0 Å². The van der Waals surface area contributed by atoms with E-state index in [0.29, 0.717) is 13.1 Å². The highest BCUT2D eigenvalue weighted by molar-refractivity contribution is 5.16. The molecule has 0 aliphatic carbocycles. The zero-order chi connectivity index (χ0) is 10.4. The summed E-state index contributed by atoms with van der Waals surface area (Å²) in [6, 6.07) is 2.03. The van der Waals surface area contributed by atoms with Crippen LogP contribution in [0, 0.1) is 6.92 Å². The van der Waals surface area contributed by atoms with Crippen LogP contribution in [-0.2, 0) is 6.54 Å².